The molecular formula is C11H11F6NO6S. The molecule has 0 atom stereocenters. The fourth-order valence-electron chi connectivity index (χ4n) is 0.876. The molecule has 0 amide bonds. The Labute approximate surface area is 136 Å². The van der Waals surface area contributed by atoms with Crippen molar-refractivity contribution in [2.24, 2.45) is 5.14 Å². The molecule has 0 heterocycles. The van der Waals surface area contributed by atoms with Crippen molar-refractivity contribution in [3.8, 4) is 0 Å². The number of nitrogens with two attached hydrogens (primary N) is 1. The maximum atomic E-state index is 10.8. The van der Waals surface area contributed by atoms with Crippen LogP contribution in [0.4, 0.5) is 26.3 Å². The Hall–Kier alpha value is -2.35. The number of carboxylic acid groups (broad SMARTS) is 2. The van der Waals surface area contributed by atoms with Gasteiger partial charge in [0.05, 0.1) is 4.90 Å². The molecule has 0 radical (unpaired) electrons. The van der Waals surface area contributed by atoms with E-state index in [2.05, 4.69) is 0 Å². The quantitative estimate of drug-likeness (QED) is 0.618. The fraction of sp³-hybridized carbons (Fsp3) is 0.273. The predicted molar refractivity (Wildman–Crippen MR) is 69.9 cm³/mol. The highest BCUT2D eigenvalue weighted by atomic mass is 32.2. The predicted octanol–water partition coefficient (Wildman–Crippen LogP) is 1.91. The minimum absolute atomic E-state index is 0.194. The molecule has 0 aliphatic rings. The summed E-state index contributed by atoms with van der Waals surface area (Å²) in [6.45, 7) is 1.71. The van der Waals surface area contributed by atoms with E-state index in [0.717, 1.165) is 0 Å². The van der Waals surface area contributed by atoms with Gasteiger partial charge in [-0.1, -0.05) is 18.2 Å². The Kier molecular flexibility index (Phi) is 9.18. The third-order valence-corrected chi connectivity index (χ3v) is 2.96. The summed E-state index contributed by atoms with van der Waals surface area (Å²) >= 11 is 0. The number of carboxylic acids is 2. The summed E-state index contributed by atoms with van der Waals surface area (Å²) < 4.78 is 85.1. The molecule has 25 heavy (non-hydrogen) atoms. The van der Waals surface area contributed by atoms with Crippen LogP contribution >= 0.6 is 0 Å². The van der Waals surface area contributed by atoms with Gasteiger partial charge in [-0.05, 0) is 18.6 Å². The highest BCUT2D eigenvalue weighted by Crippen LogP contribution is 2.13. The lowest BCUT2D eigenvalue weighted by Gasteiger charge is -2.00. The van der Waals surface area contributed by atoms with Crippen LogP contribution in [-0.2, 0) is 19.6 Å². The Morgan fingerprint density at radius 3 is 1.36 bits per heavy atom. The van der Waals surface area contributed by atoms with E-state index in [-0.39, 0.29) is 4.90 Å². The molecule has 0 aromatic heterocycles. The van der Waals surface area contributed by atoms with Crippen molar-refractivity contribution in [2.45, 2.75) is 24.2 Å². The minimum Gasteiger partial charge on any atom is -0.475 e. The van der Waals surface area contributed by atoms with Crippen molar-refractivity contribution in [3.63, 3.8) is 0 Å². The Morgan fingerprint density at radius 2 is 1.20 bits per heavy atom. The molecule has 7 nitrogen and oxygen atoms in total. The van der Waals surface area contributed by atoms with Gasteiger partial charge in [0.1, 0.15) is 0 Å². The summed E-state index contributed by atoms with van der Waals surface area (Å²) in [5.41, 5.74) is 0.676. The van der Waals surface area contributed by atoms with E-state index in [1.807, 2.05) is 0 Å². The van der Waals surface area contributed by atoms with Crippen LogP contribution in [0.15, 0.2) is 29.2 Å². The smallest absolute Gasteiger partial charge is 0.475 e. The van der Waals surface area contributed by atoms with E-state index < -0.39 is 34.3 Å². The fourth-order valence-corrected chi connectivity index (χ4v) is 1.66. The molecule has 4 N–H and O–H groups in total. The highest BCUT2D eigenvalue weighted by Gasteiger charge is 2.38. The van der Waals surface area contributed by atoms with E-state index >= 15 is 0 Å². The van der Waals surface area contributed by atoms with E-state index in [1.54, 1.807) is 25.1 Å². The van der Waals surface area contributed by atoms with Crippen LogP contribution in [0.25, 0.3) is 0 Å². The maximum Gasteiger partial charge on any atom is 0.490 e. The van der Waals surface area contributed by atoms with Gasteiger partial charge in [0, 0.05) is 0 Å². The molecule has 0 fully saturated rings. The first-order valence-corrected chi connectivity index (χ1v) is 7.14. The lowest BCUT2D eigenvalue weighted by molar-refractivity contribution is -0.193. The zero-order valence-electron chi connectivity index (χ0n) is 12.1. The molecule has 0 aliphatic heterocycles. The van der Waals surface area contributed by atoms with Crippen molar-refractivity contribution in [1.82, 2.24) is 0 Å². The lowest BCUT2D eigenvalue weighted by Crippen LogP contribution is -2.21. The van der Waals surface area contributed by atoms with Gasteiger partial charge in [0.2, 0.25) is 10.0 Å². The number of alkyl halides is 6. The van der Waals surface area contributed by atoms with E-state index in [4.69, 9.17) is 24.9 Å². The Morgan fingerprint density at radius 1 is 0.920 bits per heavy atom. The van der Waals surface area contributed by atoms with Crippen LogP contribution in [0.2, 0.25) is 0 Å². The zero-order valence-corrected chi connectivity index (χ0v) is 12.9. The number of benzene rings is 1. The molecule has 0 bridgehead atoms. The first-order chi connectivity index (χ1) is 10.9. The van der Waals surface area contributed by atoms with Gasteiger partial charge in [-0.25, -0.2) is 23.1 Å². The molecule has 14 heteroatoms. The third-order valence-electron chi connectivity index (χ3n) is 1.89. The molecule has 144 valence electrons. The largest absolute Gasteiger partial charge is 0.490 e. The van der Waals surface area contributed by atoms with Crippen molar-refractivity contribution in [1.29, 1.82) is 0 Å². The second-order valence-electron chi connectivity index (χ2n) is 3.92. The van der Waals surface area contributed by atoms with Gasteiger partial charge in [0.15, 0.2) is 0 Å². The summed E-state index contributed by atoms with van der Waals surface area (Å²) in [6.07, 6.45) is -10.2. The average Bonchev–Trinajstić information content (AvgIpc) is 2.36. The molecule has 1 rings (SSSR count). The normalized spacial score (nSPS) is 11.4. The van der Waals surface area contributed by atoms with E-state index in [1.165, 1.54) is 6.07 Å². The number of hydrogen-bond donors (Lipinski definition) is 3. The zero-order chi connectivity index (χ0) is 20.6. The number of aryl methyl sites for hydroxylation is 1. The van der Waals surface area contributed by atoms with Crippen LogP contribution in [0.1, 0.15) is 5.56 Å². The Bertz CT molecular complexity index is 674. The van der Waals surface area contributed by atoms with Gasteiger partial charge >= 0.3 is 24.3 Å². The number of aliphatic carboxylic acids is 2. The maximum absolute atomic E-state index is 10.8. The average molecular weight is 399 g/mol. The van der Waals surface area contributed by atoms with Crippen LogP contribution in [0.3, 0.4) is 0 Å². The molecular weight excluding hydrogens is 388 g/mol. The van der Waals surface area contributed by atoms with Crippen LogP contribution in [0.5, 0.6) is 0 Å². The van der Waals surface area contributed by atoms with Crippen molar-refractivity contribution >= 4 is 22.0 Å². The lowest BCUT2D eigenvalue weighted by atomic mass is 10.2. The SMILES string of the molecule is Cc1ccccc1S(N)(=O)=O.O=C(O)C(F)(F)F.O=C(O)C(F)(F)F. The number of hydrogen-bond acceptors (Lipinski definition) is 4. The number of carbonyl (C=O) groups is 2. The second kappa shape index (κ2) is 9.22. The molecule has 0 saturated carbocycles. The molecule has 1 aromatic rings. The van der Waals surface area contributed by atoms with Gasteiger partial charge < -0.3 is 10.2 Å². The van der Waals surface area contributed by atoms with Gasteiger partial charge in [-0.15, -0.1) is 0 Å². The second-order valence-corrected chi connectivity index (χ2v) is 5.45. The van der Waals surface area contributed by atoms with E-state index in [0.29, 0.717) is 5.56 Å². The number of rotatable bonds is 1. The topological polar surface area (TPSA) is 135 Å². The highest BCUT2D eigenvalue weighted by molar-refractivity contribution is 7.89. The summed E-state index contributed by atoms with van der Waals surface area (Å²) in [7, 11) is -3.53. The standard InChI is InChI=1S/C7H9NO2S.2C2HF3O2/c1-6-4-2-3-5-7(6)11(8,9)10;2*3-2(4,5)1(6)7/h2-5H,1H3,(H2,8,9,10);2*(H,6,7). The van der Waals surface area contributed by atoms with Crippen molar-refractivity contribution < 1.29 is 54.6 Å². The molecule has 0 saturated heterocycles. The molecule has 0 unspecified atom stereocenters. The molecule has 1 aromatic carbocycles. The Balaban J connectivity index is 0. The van der Waals surface area contributed by atoms with Crippen LogP contribution in [-0.4, -0.2) is 42.9 Å². The summed E-state index contributed by atoms with van der Waals surface area (Å²) in [5, 5.41) is 19.2. The number of halogens is 6. The van der Waals surface area contributed by atoms with Crippen LogP contribution < -0.4 is 5.14 Å². The van der Waals surface area contributed by atoms with Gasteiger partial charge in [0.25, 0.3) is 0 Å². The summed E-state index contributed by atoms with van der Waals surface area (Å²) in [5.74, 6) is -5.51. The molecule has 0 spiro atoms. The summed E-state index contributed by atoms with van der Waals surface area (Å²) in [6, 6.07) is 6.61. The number of sulfonamides is 1. The monoisotopic (exact) mass is 399 g/mol. The summed E-state index contributed by atoms with van der Waals surface area (Å²) in [4.78, 5) is 18.0. The number of primary sulfonamides is 1. The van der Waals surface area contributed by atoms with Crippen molar-refractivity contribution in [3.05, 3.63) is 29.8 Å². The van der Waals surface area contributed by atoms with Gasteiger partial charge in [-0.3, -0.25) is 0 Å². The van der Waals surface area contributed by atoms with Crippen LogP contribution in [0, 0.1) is 6.92 Å². The van der Waals surface area contributed by atoms with E-state index in [9.17, 15) is 34.8 Å². The van der Waals surface area contributed by atoms with Gasteiger partial charge in [-0.2, -0.15) is 26.3 Å². The first kappa shape index (κ1) is 24.9. The first-order valence-electron chi connectivity index (χ1n) is 5.59. The third kappa shape index (κ3) is 11.8. The van der Waals surface area contributed by atoms with Crippen molar-refractivity contribution in [2.75, 3.05) is 0 Å². The minimum atomic E-state index is -5.08. The molecule has 0 aliphatic carbocycles.